The SMILES string of the molecule is BC1C(B)C2(B)C(B)(B)C(B)C(B)(B)C(B)(C1(B)B)C2(B)C(B)(B)C(C)(C)CC. The Kier molecular flexibility index (Phi) is 5.85. The molecule has 0 saturated heterocycles. The fraction of sp³-hybridized carbons (Fsp3) is 1.00. The molecule has 0 aliphatic heterocycles. The predicted molar refractivity (Wildman–Crippen MR) is 174 cm³/mol. The van der Waals surface area contributed by atoms with E-state index in [2.05, 4.69) is 131 Å². The summed E-state index contributed by atoms with van der Waals surface area (Å²) in [7, 11) is 36.9. The highest BCUT2D eigenvalue weighted by molar-refractivity contribution is 6.65. The van der Waals surface area contributed by atoms with Crippen LogP contribution in [-0.2, 0) is 0 Å². The zero-order valence-corrected chi connectivity index (χ0v) is 23.4. The van der Waals surface area contributed by atoms with Gasteiger partial charge in [0.05, 0.1) is 62.8 Å². The molecule has 6 unspecified atom stereocenters. The van der Waals surface area contributed by atoms with E-state index in [0.29, 0.717) is 17.5 Å². The van der Waals surface area contributed by atoms with Crippen molar-refractivity contribution in [1.82, 2.24) is 0 Å². The van der Waals surface area contributed by atoms with Crippen molar-refractivity contribution >= 4 is 110 Å². The molecular weight excluding hydrogens is 332 g/mol. The van der Waals surface area contributed by atoms with Crippen molar-refractivity contribution in [3.8, 4) is 0 Å². The number of hydrogen-bond acceptors (Lipinski definition) is 0. The summed E-state index contributed by atoms with van der Waals surface area (Å²) in [4.78, 5) is 0. The number of fused-ring (bicyclic) bond motifs is 2. The van der Waals surface area contributed by atoms with E-state index in [9.17, 15) is 0 Å². The molecule has 0 aromatic heterocycles. The molecule has 2 bridgehead atoms. The van der Waals surface area contributed by atoms with Crippen molar-refractivity contribution in [2.75, 3.05) is 0 Å². The maximum atomic E-state index is 2.74. The molecule has 2 saturated carbocycles. The van der Waals surface area contributed by atoms with Crippen LogP contribution in [0.25, 0.3) is 0 Å². The summed E-state index contributed by atoms with van der Waals surface area (Å²) in [6.45, 7) is 7.49. The lowest BCUT2D eigenvalue weighted by molar-refractivity contribution is 0.0521. The van der Waals surface area contributed by atoms with Gasteiger partial charge in [0.15, 0.2) is 0 Å². The number of hydrogen-bond donors (Lipinski definition) is 0. The maximum Gasteiger partial charge on any atom is 0.107 e. The minimum atomic E-state index is 0.182. The van der Waals surface area contributed by atoms with Crippen LogP contribution in [0.15, 0.2) is 0 Å². The van der Waals surface area contributed by atoms with Gasteiger partial charge in [0, 0.05) is 0 Å². The van der Waals surface area contributed by atoms with Crippen molar-refractivity contribution in [3.05, 3.63) is 0 Å². The van der Waals surface area contributed by atoms with Crippen LogP contribution < -0.4 is 0 Å². The Morgan fingerprint density at radius 1 is 0.690 bits per heavy atom. The van der Waals surface area contributed by atoms with Gasteiger partial charge in [-0.2, -0.15) is 0 Å². The number of rotatable bonds is 3. The van der Waals surface area contributed by atoms with Crippen LogP contribution in [-0.4, -0.2) is 110 Å². The zero-order chi connectivity index (χ0) is 23.4. The fourth-order valence-corrected chi connectivity index (χ4v) is 10.1. The fourth-order valence-electron chi connectivity index (χ4n) is 10.1. The summed E-state index contributed by atoms with van der Waals surface area (Å²) in [6.07, 6.45) is 1.22. The standard InChI is InChI=1S/C15H42B14/c1-4-8(2,3)15(28,29)13(26)9(19)5(16)6(17)10(20,21)14(13,27)12(24,25)7(18)11(9,22)23/h5-7H,4,16-29H2,1-3H3. The van der Waals surface area contributed by atoms with Gasteiger partial charge in [-0.15, -0.1) is 0 Å². The summed E-state index contributed by atoms with van der Waals surface area (Å²) < 4.78 is 0. The smallest absolute Gasteiger partial charge is 0.0918 e. The quantitative estimate of drug-likeness (QED) is 0.431. The normalized spacial score (nSPS) is 46.0. The van der Waals surface area contributed by atoms with Gasteiger partial charge < -0.3 is 0 Å². The minimum absolute atomic E-state index is 0.182. The van der Waals surface area contributed by atoms with Crippen molar-refractivity contribution < 1.29 is 0 Å². The molecule has 0 N–H and O–H groups in total. The molecule has 0 radical (unpaired) electrons. The van der Waals surface area contributed by atoms with Gasteiger partial charge >= 0.3 is 0 Å². The molecule has 0 spiro atoms. The van der Waals surface area contributed by atoms with Crippen LogP contribution in [0.3, 0.4) is 0 Å². The van der Waals surface area contributed by atoms with Gasteiger partial charge in [0.25, 0.3) is 0 Å². The zero-order valence-electron chi connectivity index (χ0n) is 23.4. The lowest BCUT2D eigenvalue weighted by Gasteiger charge is -2.90. The maximum absolute atomic E-state index is 2.74. The van der Waals surface area contributed by atoms with Crippen LogP contribution in [0.1, 0.15) is 27.2 Å². The largest absolute Gasteiger partial charge is 0.107 e. The third-order valence-electron chi connectivity index (χ3n) is 14.7. The molecule has 0 amide bonds. The summed E-state index contributed by atoms with van der Waals surface area (Å²) in [5.74, 6) is 2.03. The second-order valence-corrected chi connectivity index (χ2v) is 14.8. The molecule has 2 aliphatic carbocycles. The van der Waals surface area contributed by atoms with Crippen molar-refractivity contribution in [3.63, 3.8) is 0 Å². The summed E-state index contributed by atoms with van der Waals surface area (Å²) in [6, 6.07) is 0. The topological polar surface area (TPSA) is 0 Å². The molecule has 2 aliphatic rings. The van der Waals surface area contributed by atoms with Crippen LogP contribution >= 0.6 is 0 Å². The Morgan fingerprint density at radius 3 is 1.48 bits per heavy atom. The van der Waals surface area contributed by atoms with Crippen LogP contribution in [0.5, 0.6) is 0 Å². The highest BCUT2D eigenvalue weighted by Gasteiger charge is 2.81. The van der Waals surface area contributed by atoms with E-state index in [4.69, 9.17) is 0 Å². The van der Waals surface area contributed by atoms with E-state index in [0.717, 1.165) is 0 Å². The Bertz CT molecular complexity index is 687. The first-order valence-electron chi connectivity index (χ1n) is 12.5. The molecule has 0 aromatic rings. The first-order valence-corrected chi connectivity index (χ1v) is 12.5. The highest BCUT2D eigenvalue weighted by atomic mass is 14.7. The lowest BCUT2D eigenvalue weighted by atomic mass is 8.93. The van der Waals surface area contributed by atoms with E-state index < -0.39 is 0 Å². The molecule has 144 valence electrons. The van der Waals surface area contributed by atoms with E-state index in [1.165, 1.54) is 6.42 Å². The molecule has 0 aromatic carbocycles. The van der Waals surface area contributed by atoms with Crippen molar-refractivity contribution in [2.24, 2.45) is 5.41 Å². The van der Waals surface area contributed by atoms with E-state index >= 15 is 0 Å². The third-order valence-corrected chi connectivity index (χ3v) is 14.7. The second kappa shape index (κ2) is 6.49. The first-order chi connectivity index (χ1) is 12.5. The highest BCUT2D eigenvalue weighted by Crippen LogP contribution is 3.00. The lowest BCUT2D eigenvalue weighted by Crippen LogP contribution is -2.73. The van der Waals surface area contributed by atoms with Gasteiger partial charge in [-0.3, -0.25) is 0 Å². The molecule has 0 nitrogen and oxygen atoms in total. The molecular formula is C15H42B14. The summed E-state index contributed by atoms with van der Waals surface area (Å²) in [5, 5.41) is 1.59. The molecule has 29 heavy (non-hydrogen) atoms. The average Bonchev–Trinajstić information content (AvgIpc) is 2.60. The Hall–Kier alpha value is 0.909. The van der Waals surface area contributed by atoms with Crippen molar-refractivity contribution in [1.29, 1.82) is 0 Å². The van der Waals surface area contributed by atoms with Crippen molar-refractivity contribution in [2.45, 2.75) is 81.4 Å². The molecule has 14 heteroatoms. The van der Waals surface area contributed by atoms with Crippen LogP contribution in [0.2, 0.25) is 54.2 Å². The van der Waals surface area contributed by atoms with Gasteiger partial charge in [0.2, 0.25) is 0 Å². The summed E-state index contributed by atoms with van der Waals surface area (Å²) in [5.41, 5.74) is 0.271. The van der Waals surface area contributed by atoms with Crippen LogP contribution in [0, 0.1) is 5.41 Å². The Balaban J connectivity index is 3.17. The predicted octanol–water partition coefficient (Wildman–Crippen LogP) is -8.38. The third kappa shape index (κ3) is 2.32. The second-order valence-electron chi connectivity index (χ2n) is 14.8. The van der Waals surface area contributed by atoms with E-state index in [1.807, 2.05) is 0 Å². The van der Waals surface area contributed by atoms with Gasteiger partial charge in [-0.05, 0) is 5.41 Å². The van der Waals surface area contributed by atoms with Gasteiger partial charge in [-0.1, -0.05) is 81.4 Å². The Morgan fingerprint density at radius 2 is 1.10 bits per heavy atom. The van der Waals surface area contributed by atoms with Gasteiger partial charge in [-0.25, -0.2) is 0 Å². The van der Waals surface area contributed by atoms with E-state index in [-0.39, 0.29) is 42.2 Å². The molecule has 0 heterocycles. The average molecular weight is 374 g/mol. The summed E-state index contributed by atoms with van der Waals surface area (Å²) >= 11 is 0. The van der Waals surface area contributed by atoms with E-state index in [1.54, 1.807) is 0 Å². The van der Waals surface area contributed by atoms with Gasteiger partial charge in [0.1, 0.15) is 47.1 Å². The first kappa shape index (κ1) is 26.2. The van der Waals surface area contributed by atoms with Crippen LogP contribution in [0.4, 0.5) is 0 Å². The minimum Gasteiger partial charge on any atom is -0.0918 e. The molecule has 2 rings (SSSR count). The monoisotopic (exact) mass is 376 g/mol. The molecule has 2 fully saturated rings. The Labute approximate surface area is 196 Å². The molecule has 6 atom stereocenters.